The van der Waals surface area contributed by atoms with E-state index in [0.717, 1.165) is 5.69 Å². The van der Waals surface area contributed by atoms with E-state index >= 15 is 0 Å². The molecule has 0 unspecified atom stereocenters. The monoisotopic (exact) mass is 634 g/mol. The molecule has 50 heavy (non-hydrogen) atoms. The third-order valence-corrected chi connectivity index (χ3v) is 10.7. The Bertz CT molecular complexity index is 3110. The maximum absolute atomic E-state index is 2.43. The Balaban J connectivity index is 1.12. The molecular formula is C48H30N2. The average Bonchev–Trinajstić information content (AvgIpc) is 3.70. The molecule has 2 heterocycles. The van der Waals surface area contributed by atoms with Crippen molar-refractivity contribution in [1.29, 1.82) is 0 Å². The number of benzene rings is 9. The van der Waals surface area contributed by atoms with Gasteiger partial charge < -0.3 is 9.13 Å². The van der Waals surface area contributed by atoms with E-state index in [2.05, 4.69) is 191 Å². The van der Waals surface area contributed by atoms with Crippen molar-refractivity contribution in [3.8, 4) is 22.5 Å². The molecule has 0 aliphatic rings. The summed E-state index contributed by atoms with van der Waals surface area (Å²) in [7, 11) is 0. The van der Waals surface area contributed by atoms with Crippen molar-refractivity contribution >= 4 is 75.9 Å². The molecule has 11 rings (SSSR count). The van der Waals surface area contributed by atoms with Crippen LogP contribution in [0.1, 0.15) is 0 Å². The zero-order chi connectivity index (χ0) is 32.8. The number of rotatable bonds is 3. The van der Waals surface area contributed by atoms with Crippen LogP contribution in [0.2, 0.25) is 0 Å². The van der Waals surface area contributed by atoms with Gasteiger partial charge in [0.2, 0.25) is 0 Å². The van der Waals surface area contributed by atoms with Crippen LogP contribution in [0, 0.1) is 0 Å². The minimum Gasteiger partial charge on any atom is -0.309 e. The van der Waals surface area contributed by atoms with Crippen LogP contribution in [0.3, 0.4) is 0 Å². The second kappa shape index (κ2) is 10.4. The van der Waals surface area contributed by atoms with Gasteiger partial charge in [0.25, 0.3) is 0 Å². The Labute approximate surface area is 288 Å². The van der Waals surface area contributed by atoms with Gasteiger partial charge in [-0.3, -0.25) is 0 Å². The van der Waals surface area contributed by atoms with Crippen LogP contribution in [0.15, 0.2) is 182 Å². The summed E-state index contributed by atoms with van der Waals surface area (Å²) in [6.45, 7) is 0. The maximum atomic E-state index is 2.43. The Morgan fingerprint density at radius 2 is 0.620 bits per heavy atom. The van der Waals surface area contributed by atoms with E-state index < -0.39 is 0 Å². The quantitative estimate of drug-likeness (QED) is 0.171. The zero-order valence-corrected chi connectivity index (χ0v) is 27.2. The van der Waals surface area contributed by atoms with Crippen LogP contribution in [-0.2, 0) is 0 Å². The number of fused-ring (bicyclic) bond motifs is 12. The van der Waals surface area contributed by atoms with E-state index in [1.165, 1.54) is 92.7 Å². The van der Waals surface area contributed by atoms with Gasteiger partial charge in [0.15, 0.2) is 0 Å². The van der Waals surface area contributed by atoms with Crippen LogP contribution in [0.25, 0.3) is 98.4 Å². The summed E-state index contributed by atoms with van der Waals surface area (Å²) in [5.41, 5.74) is 9.63. The molecule has 0 atom stereocenters. The molecule has 2 heteroatoms. The molecular weight excluding hydrogens is 605 g/mol. The van der Waals surface area contributed by atoms with Crippen molar-refractivity contribution in [2.24, 2.45) is 0 Å². The van der Waals surface area contributed by atoms with Crippen molar-refractivity contribution in [2.45, 2.75) is 0 Å². The predicted octanol–water partition coefficient (Wildman–Crippen LogP) is 13.0. The Kier molecular flexibility index (Phi) is 5.70. The lowest BCUT2D eigenvalue weighted by Crippen LogP contribution is -1.95. The molecule has 0 N–H and O–H groups in total. The molecule has 0 radical (unpaired) electrons. The molecule has 0 saturated carbocycles. The Morgan fingerprint density at radius 3 is 1.24 bits per heavy atom. The fraction of sp³-hybridized carbons (Fsp3) is 0. The second-order valence-electron chi connectivity index (χ2n) is 13.3. The fourth-order valence-electron chi connectivity index (χ4n) is 8.47. The van der Waals surface area contributed by atoms with Gasteiger partial charge in [-0.25, -0.2) is 0 Å². The van der Waals surface area contributed by atoms with E-state index in [-0.39, 0.29) is 0 Å². The number of nitrogens with zero attached hydrogens (tertiary/aromatic N) is 2. The molecule has 0 saturated heterocycles. The van der Waals surface area contributed by atoms with E-state index in [9.17, 15) is 0 Å². The second-order valence-corrected chi connectivity index (χ2v) is 13.3. The first kappa shape index (κ1) is 27.3. The van der Waals surface area contributed by atoms with Crippen molar-refractivity contribution in [3.05, 3.63) is 182 Å². The summed E-state index contributed by atoms with van der Waals surface area (Å²) in [5.74, 6) is 0. The number of para-hydroxylation sites is 3. The van der Waals surface area contributed by atoms with E-state index in [4.69, 9.17) is 0 Å². The highest BCUT2D eigenvalue weighted by Gasteiger charge is 2.17. The molecule has 0 spiro atoms. The van der Waals surface area contributed by atoms with Crippen LogP contribution in [0.4, 0.5) is 0 Å². The van der Waals surface area contributed by atoms with Gasteiger partial charge in [-0.2, -0.15) is 0 Å². The molecule has 9 aromatic carbocycles. The predicted molar refractivity (Wildman–Crippen MR) is 213 cm³/mol. The van der Waals surface area contributed by atoms with Gasteiger partial charge in [0.05, 0.1) is 22.1 Å². The van der Waals surface area contributed by atoms with Crippen LogP contribution >= 0.6 is 0 Å². The topological polar surface area (TPSA) is 9.86 Å². The lowest BCUT2D eigenvalue weighted by Gasteiger charge is -2.12. The molecule has 2 nitrogen and oxygen atoms in total. The number of aromatic nitrogens is 2. The van der Waals surface area contributed by atoms with Gasteiger partial charge in [-0.15, -0.1) is 0 Å². The minimum absolute atomic E-state index is 1.16. The normalized spacial score (nSPS) is 12.0. The molecule has 0 fully saturated rings. The van der Waals surface area contributed by atoms with Gasteiger partial charge in [-0.1, -0.05) is 121 Å². The molecule has 0 bridgehead atoms. The summed E-state index contributed by atoms with van der Waals surface area (Å²) in [6.07, 6.45) is 0. The highest BCUT2D eigenvalue weighted by atomic mass is 15.0. The van der Waals surface area contributed by atoms with Gasteiger partial charge in [-0.05, 0) is 104 Å². The van der Waals surface area contributed by atoms with Crippen molar-refractivity contribution in [3.63, 3.8) is 0 Å². The summed E-state index contributed by atoms with van der Waals surface area (Å²) in [4.78, 5) is 0. The summed E-state index contributed by atoms with van der Waals surface area (Å²) < 4.78 is 4.81. The first-order valence-electron chi connectivity index (χ1n) is 17.3. The van der Waals surface area contributed by atoms with Gasteiger partial charge >= 0.3 is 0 Å². The lowest BCUT2D eigenvalue weighted by molar-refractivity contribution is 1.17. The largest absolute Gasteiger partial charge is 0.309 e. The van der Waals surface area contributed by atoms with Crippen molar-refractivity contribution in [1.82, 2.24) is 9.13 Å². The number of hydrogen-bond donors (Lipinski definition) is 0. The number of hydrogen-bond acceptors (Lipinski definition) is 0. The zero-order valence-electron chi connectivity index (χ0n) is 27.2. The summed E-state index contributed by atoms with van der Waals surface area (Å²) in [5, 5.41) is 12.8. The molecule has 0 aliphatic heterocycles. The SMILES string of the molecule is c1ccc(-n2c3ccccc3c3cc(-n4c5ccccc5c5cc(-c6ccc7c8ccccc8c8ccccc8c7c6)ccc54)ccc32)cc1. The van der Waals surface area contributed by atoms with Crippen LogP contribution in [0.5, 0.6) is 0 Å². The van der Waals surface area contributed by atoms with E-state index in [1.54, 1.807) is 0 Å². The minimum atomic E-state index is 1.16. The van der Waals surface area contributed by atoms with Crippen molar-refractivity contribution < 1.29 is 0 Å². The molecule has 2 aromatic heterocycles. The first-order chi connectivity index (χ1) is 24.8. The molecule has 232 valence electrons. The van der Waals surface area contributed by atoms with E-state index in [0.29, 0.717) is 0 Å². The highest BCUT2D eigenvalue weighted by Crippen LogP contribution is 2.40. The highest BCUT2D eigenvalue weighted by molar-refractivity contribution is 6.26. The molecule has 0 aliphatic carbocycles. The smallest absolute Gasteiger partial charge is 0.0542 e. The van der Waals surface area contributed by atoms with E-state index in [1.807, 2.05) is 0 Å². The lowest BCUT2D eigenvalue weighted by atomic mass is 9.92. The summed E-state index contributed by atoms with van der Waals surface area (Å²) >= 11 is 0. The van der Waals surface area contributed by atoms with Gasteiger partial charge in [0, 0.05) is 32.9 Å². The fourth-order valence-corrected chi connectivity index (χ4v) is 8.47. The third kappa shape index (κ3) is 3.85. The Morgan fingerprint density at radius 1 is 0.220 bits per heavy atom. The van der Waals surface area contributed by atoms with Crippen LogP contribution < -0.4 is 0 Å². The van der Waals surface area contributed by atoms with Crippen molar-refractivity contribution in [2.75, 3.05) is 0 Å². The molecule has 11 aromatic rings. The standard InChI is InChI=1S/C48H30N2/c1-2-12-33(13-3-1)49-45-20-10-9-19-41(45)44-30-34(24-27-48(44)49)50-46-21-11-8-18-40(46)43-29-32(23-26-47(43)50)31-22-25-39-37-16-5-4-14-35(37)36-15-6-7-17-38(36)42(39)28-31/h1-30H. The maximum Gasteiger partial charge on any atom is 0.0542 e. The average molecular weight is 635 g/mol. The Hall–Kier alpha value is -6.64. The van der Waals surface area contributed by atoms with Crippen LogP contribution in [-0.4, -0.2) is 9.13 Å². The summed E-state index contributed by atoms with van der Waals surface area (Å²) in [6, 6.07) is 66.7. The molecule has 0 amide bonds. The van der Waals surface area contributed by atoms with Gasteiger partial charge in [0.1, 0.15) is 0 Å². The first-order valence-corrected chi connectivity index (χ1v) is 17.3. The third-order valence-electron chi connectivity index (χ3n) is 10.7.